The Kier molecular flexibility index (Phi) is 7.64. The van der Waals surface area contributed by atoms with Gasteiger partial charge in [-0.15, -0.1) is 10.2 Å². The Morgan fingerprint density at radius 3 is 2.46 bits per heavy atom. The summed E-state index contributed by atoms with van der Waals surface area (Å²) < 4.78 is 7.19. The van der Waals surface area contributed by atoms with Crippen molar-refractivity contribution in [3.63, 3.8) is 0 Å². The molecular weight excluding hydrogens is 488 g/mol. The number of amides is 2. The van der Waals surface area contributed by atoms with Crippen LogP contribution in [-0.4, -0.2) is 44.4 Å². The molecule has 0 unspecified atom stereocenters. The van der Waals surface area contributed by atoms with Crippen LogP contribution in [0.3, 0.4) is 0 Å². The van der Waals surface area contributed by atoms with Gasteiger partial charge in [0.25, 0.3) is 0 Å². The quantitative estimate of drug-likeness (QED) is 0.332. The molecule has 0 saturated heterocycles. The highest BCUT2D eigenvalue weighted by molar-refractivity contribution is 7.99. The topological polar surface area (TPSA) is 111 Å². The van der Waals surface area contributed by atoms with E-state index in [4.69, 9.17) is 16.3 Å². The highest BCUT2D eigenvalue weighted by Crippen LogP contribution is 2.30. The summed E-state index contributed by atoms with van der Waals surface area (Å²) in [5, 5.41) is 15.3. The van der Waals surface area contributed by atoms with Gasteiger partial charge in [-0.25, -0.2) is 0 Å². The first-order valence-electron chi connectivity index (χ1n) is 10.4. The summed E-state index contributed by atoms with van der Waals surface area (Å²) in [6.45, 7) is 1.41. The van der Waals surface area contributed by atoms with Crippen LogP contribution in [0, 0.1) is 0 Å². The zero-order valence-electron chi connectivity index (χ0n) is 18.9. The average molecular weight is 509 g/mol. The van der Waals surface area contributed by atoms with Crippen LogP contribution in [0.4, 0.5) is 11.4 Å². The second-order valence-corrected chi connectivity index (χ2v) is 8.67. The van der Waals surface area contributed by atoms with Crippen LogP contribution in [0.2, 0.25) is 5.02 Å². The van der Waals surface area contributed by atoms with Gasteiger partial charge in [0.2, 0.25) is 11.8 Å². The van der Waals surface area contributed by atoms with E-state index in [1.165, 1.54) is 25.8 Å². The molecule has 0 atom stereocenters. The molecule has 178 valence electrons. The maximum atomic E-state index is 12.8. The third-order valence-electron chi connectivity index (χ3n) is 4.78. The molecule has 0 aliphatic rings. The van der Waals surface area contributed by atoms with Crippen molar-refractivity contribution in [1.29, 1.82) is 0 Å². The second kappa shape index (κ2) is 11.0. The Morgan fingerprint density at radius 1 is 1.03 bits per heavy atom. The molecule has 2 N–H and O–H groups in total. The fraction of sp³-hybridized carbons (Fsp3) is 0.125. The van der Waals surface area contributed by atoms with Gasteiger partial charge in [0.05, 0.1) is 18.6 Å². The van der Waals surface area contributed by atoms with Crippen LogP contribution in [0.1, 0.15) is 6.92 Å². The number of hydrogen-bond donors (Lipinski definition) is 2. The normalized spacial score (nSPS) is 10.6. The standard InChI is InChI=1S/C24H21ClN6O3S/c1-15(32)27-18-5-8-21(34-2)20(13-18)28-22(33)14-35-24-30-29-23(16-9-11-26-12-10-16)31(24)19-6-3-17(25)4-7-19/h3-13H,14H2,1-2H3,(H,27,32)(H,28,33). The lowest BCUT2D eigenvalue weighted by atomic mass is 10.2. The number of carbonyl (C=O) groups excluding carboxylic acids is 2. The number of methoxy groups -OCH3 is 1. The number of nitrogens with zero attached hydrogens (tertiary/aromatic N) is 4. The van der Waals surface area contributed by atoms with Crippen LogP contribution in [0.25, 0.3) is 17.1 Å². The Labute approximate surface area is 210 Å². The summed E-state index contributed by atoms with van der Waals surface area (Å²) in [6, 6.07) is 16.0. The molecular formula is C24H21ClN6O3S. The van der Waals surface area contributed by atoms with Gasteiger partial charge in [-0.2, -0.15) is 0 Å². The number of aromatic nitrogens is 4. The zero-order valence-corrected chi connectivity index (χ0v) is 20.4. The Bertz CT molecular complexity index is 1350. The van der Waals surface area contributed by atoms with E-state index in [1.54, 1.807) is 42.7 Å². The molecule has 2 heterocycles. The summed E-state index contributed by atoms with van der Waals surface area (Å²) in [4.78, 5) is 28.2. The lowest BCUT2D eigenvalue weighted by Crippen LogP contribution is -2.16. The first-order chi connectivity index (χ1) is 16.9. The van der Waals surface area contributed by atoms with Gasteiger partial charge in [-0.3, -0.25) is 19.1 Å². The highest BCUT2D eigenvalue weighted by atomic mass is 35.5. The molecule has 35 heavy (non-hydrogen) atoms. The van der Waals surface area contributed by atoms with Crippen molar-refractivity contribution >= 4 is 46.6 Å². The minimum Gasteiger partial charge on any atom is -0.495 e. The van der Waals surface area contributed by atoms with Gasteiger partial charge >= 0.3 is 0 Å². The van der Waals surface area contributed by atoms with E-state index < -0.39 is 0 Å². The van der Waals surface area contributed by atoms with Crippen molar-refractivity contribution in [1.82, 2.24) is 19.7 Å². The fourth-order valence-corrected chi connectivity index (χ4v) is 4.16. The third kappa shape index (κ3) is 5.97. The number of benzene rings is 2. The molecule has 2 aromatic heterocycles. The number of ether oxygens (including phenoxy) is 1. The maximum Gasteiger partial charge on any atom is 0.234 e. The summed E-state index contributed by atoms with van der Waals surface area (Å²) in [6.07, 6.45) is 3.36. The number of nitrogens with one attached hydrogen (secondary N) is 2. The van der Waals surface area contributed by atoms with E-state index in [0.717, 1.165) is 11.3 Å². The molecule has 0 aliphatic carbocycles. The van der Waals surface area contributed by atoms with Crippen molar-refractivity contribution in [2.45, 2.75) is 12.1 Å². The van der Waals surface area contributed by atoms with Crippen LogP contribution in [0.15, 0.2) is 72.1 Å². The molecule has 9 nitrogen and oxygen atoms in total. The predicted molar refractivity (Wildman–Crippen MR) is 136 cm³/mol. The van der Waals surface area contributed by atoms with Crippen molar-refractivity contribution in [3.05, 3.63) is 72.0 Å². The zero-order chi connectivity index (χ0) is 24.8. The van der Waals surface area contributed by atoms with Gasteiger partial charge in [0.1, 0.15) is 5.75 Å². The molecule has 2 aromatic carbocycles. The first kappa shape index (κ1) is 24.2. The number of rotatable bonds is 8. The van der Waals surface area contributed by atoms with Gasteiger partial charge in [0.15, 0.2) is 11.0 Å². The summed E-state index contributed by atoms with van der Waals surface area (Å²) in [7, 11) is 1.51. The number of anilines is 2. The lowest BCUT2D eigenvalue weighted by molar-refractivity contribution is -0.114. The Balaban J connectivity index is 1.56. The minimum atomic E-state index is -0.274. The molecule has 0 aliphatic heterocycles. The Morgan fingerprint density at radius 2 is 1.77 bits per heavy atom. The predicted octanol–water partition coefficient (Wildman–Crippen LogP) is 4.68. The molecule has 2 amide bonds. The van der Waals surface area contributed by atoms with E-state index in [1.807, 2.05) is 28.8 Å². The summed E-state index contributed by atoms with van der Waals surface area (Å²) in [5.41, 5.74) is 2.63. The van der Waals surface area contributed by atoms with Crippen molar-refractivity contribution in [2.75, 3.05) is 23.5 Å². The molecule has 0 bridgehead atoms. The molecule has 0 fully saturated rings. The van der Waals surface area contributed by atoms with E-state index >= 15 is 0 Å². The fourth-order valence-electron chi connectivity index (χ4n) is 3.28. The monoisotopic (exact) mass is 508 g/mol. The molecule has 0 saturated carbocycles. The van der Waals surface area contributed by atoms with Gasteiger partial charge in [0, 0.05) is 41.3 Å². The van der Waals surface area contributed by atoms with Crippen LogP contribution in [0.5, 0.6) is 5.75 Å². The van der Waals surface area contributed by atoms with Gasteiger partial charge < -0.3 is 15.4 Å². The number of thioether (sulfide) groups is 1. The number of halogens is 1. The summed E-state index contributed by atoms with van der Waals surface area (Å²) in [5.74, 6) is 0.665. The number of pyridine rings is 1. The molecule has 0 spiro atoms. The Hall–Kier alpha value is -3.89. The van der Waals surface area contributed by atoms with E-state index in [-0.39, 0.29) is 17.6 Å². The molecule has 11 heteroatoms. The lowest BCUT2D eigenvalue weighted by Gasteiger charge is -2.13. The van der Waals surface area contributed by atoms with Crippen molar-refractivity contribution in [3.8, 4) is 22.8 Å². The average Bonchev–Trinajstić information content (AvgIpc) is 3.27. The number of carbonyl (C=O) groups is 2. The SMILES string of the molecule is COc1ccc(NC(C)=O)cc1NC(=O)CSc1nnc(-c2ccncc2)n1-c1ccc(Cl)cc1. The van der Waals surface area contributed by atoms with Crippen LogP contribution >= 0.6 is 23.4 Å². The van der Waals surface area contributed by atoms with Crippen molar-refractivity contribution < 1.29 is 14.3 Å². The van der Waals surface area contributed by atoms with E-state index in [9.17, 15) is 9.59 Å². The molecule has 0 radical (unpaired) electrons. The van der Waals surface area contributed by atoms with E-state index in [2.05, 4.69) is 25.8 Å². The van der Waals surface area contributed by atoms with Crippen LogP contribution < -0.4 is 15.4 Å². The third-order valence-corrected chi connectivity index (χ3v) is 5.96. The van der Waals surface area contributed by atoms with Gasteiger partial charge in [-0.05, 0) is 54.6 Å². The number of hydrogen-bond acceptors (Lipinski definition) is 7. The highest BCUT2D eigenvalue weighted by Gasteiger charge is 2.18. The molecule has 4 aromatic rings. The summed E-state index contributed by atoms with van der Waals surface area (Å²) >= 11 is 7.31. The van der Waals surface area contributed by atoms with E-state index in [0.29, 0.717) is 33.1 Å². The largest absolute Gasteiger partial charge is 0.495 e. The second-order valence-electron chi connectivity index (χ2n) is 7.29. The van der Waals surface area contributed by atoms with Crippen LogP contribution in [-0.2, 0) is 9.59 Å². The molecule has 4 rings (SSSR count). The minimum absolute atomic E-state index is 0.0651. The smallest absolute Gasteiger partial charge is 0.234 e. The van der Waals surface area contributed by atoms with Gasteiger partial charge in [-0.1, -0.05) is 23.4 Å². The van der Waals surface area contributed by atoms with Crippen molar-refractivity contribution in [2.24, 2.45) is 0 Å². The maximum absolute atomic E-state index is 12.8. The first-order valence-corrected chi connectivity index (χ1v) is 11.8.